The van der Waals surface area contributed by atoms with E-state index in [1.807, 2.05) is 0 Å². The zero-order valence-electron chi connectivity index (χ0n) is 7.49. The van der Waals surface area contributed by atoms with E-state index < -0.39 is 0 Å². The topological polar surface area (TPSA) is 41.5 Å². The maximum Gasteiger partial charge on any atom is 0.0700 e. The number of nitrogens with one attached hydrogen (secondary N) is 1. The highest BCUT2D eigenvalue weighted by molar-refractivity contribution is 4.90. The first kappa shape index (κ1) is 8.48. The van der Waals surface area contributed by atoms with Crippen LogP contribution in [0.4, 0.5) is 0 Å². The molecule has 3 heteroatoms. The lowest BCUT2D eigenvalue weighted by atomic mass is 9.88. The fourth-order valence-electron chi connectivity index (χ4n) is 1.98. The van der Waals surface area contributed by atoms with E-state index in [2.05, 4.69) is 12.2 Å². The van der Waals surface area contributed by atoms with Crippen LogP contribution in [-0.4, -0.2) is 36.0 Å². The highest BCUT2D eigenvalue weighted by Crippen LogP contribution is 2.22. The monoisotopic (exact) mass is 171 g/mol. The summed E-state index contributed by atoms with van der Waals surface area (Å²) >= 11 is 0. The van der Waals surface area contributed by atoms with E-state index in [1.54, 1.807) is 0 Å². The number of aliphatic hydroxyl groups is 1. The molecule has 2 unspecified atom stereocenters. The lowest BCUT2D eigenvalue weighted by molar-refractivity contribution is 0.0489. The van der Waals surface area contributed by atoms with E-state index in [4.69, 9.17) is 9.84 Å². The molecule has 0 aromatic carbocycles. The Morgan fingerprint density at radius 1 is 1.42 bits per heavy atom. The third-order valence-electron chi connectivity index (χ3n) is 2.94. The molecule has 2 rings (SSSR count). The Morgan fingerprint density at radius 3 is 2.67 bits per heavy atom. The molecular weight excluding hydrogens is 154 g/mol. The van der Waals surface area contributed by atoms with Crippen molar-refractivity contribution in [2.75, 3.05) is 6.61 Å². The number of ether oxygens (including phenoxy) is 1. The van der Waals surface area contributed by atoms with Crippen molar-refractivity contribution >= 4 is 0 Å². The summed E-state index contributed by atoms with van der Waals surface area (Å²) in [5.41, 5.74) is 0. The van der Waals surface area contributed by atoms with Gasteiger partial charge in [0.25, 0.3) is 0 Å². The number of rotatable bonds is 2. The molecule has 1 saturated carbocycles. The first-order valence-corrected chi connectivity index (χ1v) is 4.81. The van der Waals surface area contributed by atoms with E-state index in [0.717, 1.165) is 25.9 Å². The molecule has 0 bridgehead atoms. The van der Waals surface area contributed by atoms with E-state index in [0.29, 0.717) is 18.2 Å². The second-order valence-electron chi connectivity index (χ2n) is 3.96. The van der Waals surface area contributed by atoms with Crippen molar-refractivity contribution in [2.24, 2.45) is 0 Å². The maximum absolute atomic E-state index is 9.09. The molecule has 0 amide bonds. The van der Waals surface area contributed by atoms with Crippen LogP contribution in [0.2, 0.25) is 0 Å². The molecule has 1 aliphatic carbocycles. The van der Waals surface area contributed by atoms with Gasteiger partial charge >= 0.3 is 0 Å². The summed E-state index contributed by atoms with van der Waals surface area (Å²) in [6.07, 6.45) is 3.25. The average molecular weight is 171 g/mol. The van der Waals surface area contributed by atoms with Crippen molar-refractivity contribution in [1.82, 2.24) is 5.32 Å². The van der Waals surface area contributed by atoms with Gasteiger partial charge in [0.2, 0.25) is 0 Å². The number of hydrogen-bond donors (Lipinski definition) is 2. The van der Waals surface area contributed by atoms with Gasteiger partial charge in [-0.05, 0) is 26.2 Å². The highest BCUT2D eigenvalue weighted by Gasteiger charge is 2.32. The first-order chi connectivity index (χ1) is 5.75. The Labute approximate surface area is 73.1 Å². The summed E-state index contributed by atoms with van der Waals surface area (Å²) < 4.78 is 5.44. The number of hydrogen-bond acceptors (Lipinski definition) is 3. The molecule has 0 aromatic rings. The minimum Gasteiger partial charge on any atom is -0.393 e. The summed E-state index contributed by atoms with van der Waals surface area (Å²) in [4.78, 5) is 0. The molecule has 2 atom stereocenters. The fourth-order valence-corrected chi connectivity index (χ4v) is 1.98. The third-order valence-corrected chi connectivity index (χ3v) is 2.94. The molecule has 0 aromatic heterocycles. The Kier molecular flexibility index (Phi) is 2.35. The molecule has 70 valence electrons. The second kappa shape index (κ2) is 3.32. The standard InChI is InChI=1S/C9H17NO2/c1-6-9(2-3-12-6)10-7-4-8(11)5-7/h6-11H,2-5H2,1H3. The van der Waals surface area contributed by atoms with Crippen LogP contribution in [0, 0.1) is 0 Å². The van der Waals surface area contributed by atoms with Gasteiger partial charge in [-0.25, -0.2) is 0 Å². The van der Waals surface area contributed by atoms with Gasteiger partial charge in [0.1, 0.15) is 0 Å². The van der Waals surface area contributed by atoms with Gasteiger partial charge in [-0.3, -0.25) is 0 Å². The highest BCUT2D eigenvalue weighted by atomic mass is 16.5. The van der Waals surface area contributed by atoms with Crippen LogP contribution in [0.25, 0.3) is 0 Å². The summed E-state index contributed by atoms with van der Waals surface area (Å²) in [6, 6.07) is 1.05. The Bertz CT molecular complexity index is 157. The van der Waals surface area contributed by atoms with Crippen LogP contribution in [0.3, 0.4) is 0 Å². The van der Waals surface area contributed by atoms with Gasteiger partial charge < -0.3 is 15.2 Å². The van der Waals surface area contributed by atoms with Crippen LogP contribution in [0.5, 0.6) is 0 Å². The molecule has 2 N–H and O–H groups in total. The molecular formula is C9H17NO2. The summed E-state index contributed by atoms with van der Waals surface area (Å²) in [7, 11) is 0. The molecule has 0 radical (unpaired) electrons. The molecule has 2 aliphatic rings. The molecule has 1 aliphatic heterocycles. The molecule has 2 fully saturated rings. The minimum atomic E-state index is -0.0554. The van der Waals surface area contributed by atoms with Gasteiger partial charge in [0.05, 0.1) is 12.2 Å². The summed E-state index contributed by atoms with van der Waals surface area (Å²) in [5.74, 6) is 0. The Hall–Kier alpha value is -0.120. The second-order valence-corrected chi connectivity index (χ2v) is 3.96. The Morgan fingerprint density at radius 2 is 2.17 bits per heavy atom. The molecule has 1 heterocycles. The average Bonchev–Trinajstić information content (AvgIpc) is 2.33. The first-order valence-electron chi connectivity index (χ1n) is 4.81. The van der Waals surface area contributed by atoms with Crippen LogP contribution >= 0.6 is 0 Å². The Balaban J connectivity index is 1.72. The van der Waals surface area contributed by atoms with Gasteiger partial charge in [0, 0.05) is 18.7 Å². The van der Waals surface area contributed by atoms with E-state index in [9.17, 15) is 0 Å². The largest absolute Gasteiger partial charge is 0.393 e. The number of aliphatic hydroxyl groups excluding tert-OH is 1. The normalized spacial score (nSPS) is 47.5. The van der Waals surface area contributed by atoms with Crippen LogP contribution < -0.4 is 5.32 Å². The van der Waals surface area contributed by atoms with Crippen molar-refractivity contribution in [2.45, 2.75) is 50.5 Å². The summed E-state index contributed by atoms with van der Waals surface area (Å²) in [5, 5.41) is 12.6. The lowest BCUT2D eigenvalue weighted by Gasteiger charge is -2.35. The van der Waals surface area contributed by atoms with Crippen molar-refractivity contribution < 1.29 is 9.84 Å². The van der Waals surface area contributed by atoms with E-state index in [-0.39, 0.29) is 6.10 Å². The van der Waals surface area contributed by atoms with Crippen LogP contribution in [-0.2, 0) is 4.74 Å². The van der Waals surface area contributed by atoms with Crippen LogP contribution in [0.1, 0.15) is 26.2 Å². The zero-order chi connectivity index (χ0) is 8.55. The van der Waals surface area contributed by atoms with Crippen LogP contribution in [0.15, 0.2) is 0 Å². The molecule has 3 nitrogen and oxygen atoms in total. The van der Waals surface area contributed by atoms with Crippen molar-refractivity contribution in [3.05, 3.63) is 0 Å². The van der Waals surface area contributed by atoms with E-state index in [1.165, 1.54) is 0 Å². The van der Waals surface area contributed by atoms with Crippen molar-refractivity contribution in [3.63, 3.8) is 0 Å². The van der Waals surface area contributed by atoms with Gasteiger partial charge in [0.15, 0.2) is 0 Å². The van der Waals surface area contributed by atoms with Crippen molar-refractivity contribution in [3.8, 4) is 0 Å². The molecule has 0 spiro atoms. The van der Waals surface area contributed by atoms with Gasteiger partial charge in [-0.2, -0.15) is 0 Å². The van der Waals surface area contributed by atoms with Gasteiger partial charge in [-0.1, -0.05) is 0 Å². The van der Waals surface area contributed by atoms with Gasteiger partial charge in [-0.15, -0.1) is 0 Å². The third kappa shape index (κ3) is 1.63. The predicted molar refractivity (Wildman–Crippen MR) is 46.0 cm³/mol. The smallest absolute Gasteiger partial charge is 0.0700 e. The maximum atomic E-state index is 9.09. The van der Waals surface area contributed by atoms with Crippen molar-refractivity contribution in [1.29, 1.82) is 0 Å². The fraction of sp³-hybridized carbons (Fsp3) is 1.00. The zero-order valence-corrected chi connectivity index (χ0v) is 7.49. The SMILES string of the molecule is CC1OCCC1NC1CC(O)C1. The quantitative estimate of drug-likeness (QED) is 0.627. The van der Waals surface area contributed by atoms with E-state index >= 15 is 0 Å². The minimum absolute atomic E-state index is 0.0554. The molecule has 12 heavy (non-hydrogen) atoms. The summed E-state index contributed by atoms with van der Waals surface area (Å²) in [6.45, 7) is 2.99. The lowest BCUT2D eigenvalue weighted by Crippen LogP contribution is -2.50. The molecule has 1 saturated heterocycles. The predicted octanol–water partition coefficient (Wildman–Crippen LogP) is 0.277.